The Bertz CT molecular complexity index is 741. The Hall–Kier alpha value is -3.29. The quantitative estimate of drug-likeness (QED) is 0.507. The summed E-state index contributed by atoms with van der Waals surface area (Å²) in [5.74, 6) is -0.559. The molecule has 8 heteroatoms. The first kappa shape index (κ1) is 15.1. The number of pyridine rings is 1. The maximum absolute atomic E-state index is 11.8. The summed E-state index contributed by atoms with van der Waals surface area (Å²) in [5.41, 5.74) is 2.97. The molecule has 2 rings (SSSR count). The second-order valence-corrected chi connectivity index (χ2v) is 4.31. The van der Waals surface area contributed by atoms with E-state index in [1.165, 1.54) is 18.2 Å². The summed E-state index contributed by atoms with van der Waals surface area (Å²) in [6, 6.07) is 8.98. The van der Waals surface area contributed by atoms with Gasteiger partial charge in [0.25, 0.3) is 11.6 Å². The van der Waals surface area contributed by atoms with Crippen molar-refractivity contribution in [3.63, 3.8) is 0 Å². The molecule has 0 saturated heterocycles. The van der Waals surface area contributed by atoms with E-state index in [-0.39, 0.29) is 17.1 Å². The van der Waals surface area contributed by atoms with Gasteiger partial charge in [0.05, 0.1) is 10.6 Å². The van der Waals surface area contributed by atoms with Gasteiger partial charge < -0.3 is 5.11 Å². The fourth-order valence-corrected chi connectivity index (χ4v) is 1.66. The topological polar surface area (TPSA) is 118 Å². The van der Waals surface area contributed by atoms with Crippen LogP contribution in [0, 0.1) is 10.1 Å². The van der Waals surface area contributed by atoms with Gasteiger partial charge in [-0.1, -0.05) is 12.1 Å². The third-order valence-electron chi connectivity index (χ3n) is 2.81. The highest BCUT2D eigenvalue weighted by molar-refractivity contribution is 6.02. The highest BCUT2D eigenvalue weighted by atomic mass is 16.6. The van der Waals surface area contributed by atoms with Crippen LogP contribution in [0.2, 0.25) is 0 Å². The van der Waals surface area contributed by atoms with Crippen molar-refractivity contribution in [2.75, 3.05) is 0 Å². The van der Waals surface area contributed by atoms with Gasteiger partial charge in [0.15, 0.2) is 0 Å². The molecule has 1 heterocycles. The second-order valence-electron chi connectivity index (χ2n) is 4.31. The molecule has 112 valence electrons. The van der Waals surface area contributed by atoms with Gasteiger partial charge in [-0.2, -0.15) is 5.10 Å². The Morgan fingerprint density at radius 2 is 2.05 bits per heavy atom. The first-order valence-electron chi connectivity index (χ1n) is 6.22. The number of benzene rings is 1. The standard InChI is InChI=1S/C14H12N4O4/c1-9(11-4-2-3-5-13(11)19)16-17-14(20)12-7-6-10(8-15-12)18(21)22/h2-8,19H,1H3,(H,17,20). The molecule has 1 amide bonds. The molecule has 0 aliphatic heterocycles. The van der Waals surface area contributed by atoms with Crippen LogP contribution < -0.4 is 5.43 Å². The highest BCUT2D eigenvalue weighted by Crippen LogP contribution is 2.16. The number of phenols is 1. The predicted molar refractivity (Wildman–Crippen MR) is 78.7 cm³/mol. The summed E-state index contributed by atoms with van der Waals surface area (Å²) in [6.45, 7) is 1.62. The molecule has 1 aromatic heterocycles. The number of nitrogens with one attached hydrogen (secondary N) is 1. The molecule has 0 aliphatic carbocycles. The number of hydrazone groups is 1. The number of carbonyl (C=O) groups is 1. The summed E-state index contributed by atoms with van der Waals surface area (Å²) in [5, 5.41) is 24.1. The molecule has 0 radical (unpaired) electrons. The van der Waals surface area contributed by atoms with Gasteiger partial charge in [-0.3, -0.25) is 14.9 Å². The van der Waals surface area contributed by atoms with Gasteiger partial charge in [-0.25, -0.2) is 10.4 Å². The number of para-hydroxylation sites is 1. The number of amides is 1. The lowest BCUT2D eigenvalue weighted by Gasteiger charge is -2.04. The fraction of sp³-hybridized carbons (Fsp3) is 0.0714. The highest BCUT2D eigenvalue weighted by Gasteiger charge is 2.11. The first-order valence-corrected chi connectivity index (χ1v) is 6.22. The SMILES string of the molecule is CC(=NNC(=O)c1ccc([N+](=O)[O-])cn1)c1ccccc1O. The average molecular weight is 300 g/mol. The molecule has 8 nitrogen and oxygen atoms in total. The third kappa shape index (κ3) is 3.42. The number of hydrogen-bond donors (Lipinski definition) is 2. The first-order chi connectivity index (χ1) is 10.5. The average Bonchev–Trinajstić information content (AvgIpc) is 2.52. The molecular weight excluding hydrogens is 288 g/mol. The van der Waals surface area contributed by atoms with Gasteiger partial charge in [-0.15, -0.1) is 0 Å². The lowest BCUT2D eigenvalue weighted by atomic mass is 10.1. The Kier molecular flexibility index (Phi) is 4.42. The lowest BCUT2D eigenvalue weighted by molar-refractivity contribution is -0.385. The summed E-state index contributed by atoms with van der Waals surface area (Å²) in [6.07, 6.45) is 0.995. The van der Waals surface area contributed by atoms with Crippen LogP contribution in [0.1, 0.15) is 23.0 Å². The third-order valence-corrected chi connectivity index (χ3v) is 2.81. The van der Waals surface area contributed by atoms with Gasteiger partial charge >= 0.3 is 0 Å². The van der Waals surface area contributed by atoms with Crippen LogP contribution in [-0.4, -0.2) is 26.6 Å². The van der Waals surface area contributed by atoms with Crippen molar-refractivity contribution in [3.05, 3.63) is 64.0 Å². The minimum Gasteiger partial charge on any atom is -0.507 e. The second kappa shape index (κ2) is 6.44. The van der Waals surface area contributed by atoms with E-state index in [4.69, 9.17) is 0 Å². The molecule has 0 unspecified atom stereocenters. The van der Waals surface area contributed by atoms with Crippen LogP contribution in [-0.2, 0) is 0 Å². The Balaban J connectivity index is 2.10. The van der Waals surface area contributed by atoms with Crippen LogP contribution in [0.15, 0.2) is 47.7 Å². The zero-order valence-electron chi connectivity index (χ0n) is 11.6. The van der Waals surface area contributed by atoms with Crippen LogP contribution in [0.5, 0.6) is 5.75 Å². The zero-order chi connectivity index (χ0) is 16.1. The van der Waals surface area contributed by atoms with Gasteiger partial charge in [0.2, 0.25) is 0 Å². The minimum atomic E-state index is -0.607. The van der Waals surface area contributed by atoms with E-state index in [2.05, 4.69) is 15.5 Å². The molecule has 0 bridgehead atoms. The van der Waals surface area contributed by atoms with Gasteiger partial charge in [-0.05, 0) is 25.1 Å². The van der Waals surface area contributed by atoms with E-state index in [0.717, 1.165) is 6.20 Å². The van der Waals surface area contributed by atoms with E-state index in [1.807, 2.05) is 0 Å². The minimum absolute atomic E-state index is 0.000524. The van der Waals surface area contributed by atoms with Crippen LogP contribution in [0.25, 0.3) is 0 Å². The summed E-state index contributed by atoms with van der Waals surface area (Å²) < 4.78 is 0. The van der Waals surface area contributed by atoms with E-state index >= 15 is 0 Å². The van der Waals surface area contributed by atoms with Crippen LogP contribution in [0.4, 0.5) is 5.69 Å². The van der Waals surface area contributed by atoms with Crippen molar-refractivity contribution in [1.82, 2.24) is 10.4 Å². The van der Waals surface area contributed by atoms with E-state index in [9.17, 15) is 20.0 Å². The number of aromatic hydroxyl groups is 1. The van der Waals surface area contributed by atoms with Gasteiger partial charge in [0, 0.05) is 11.6 Å². The van der Waals surface area contributed by atoms with Crippen molar-refractivity contribution >= 4 is 17.3 Å². The number of aromatic nitrogens is 1. The van der Waals surface area contributed by atoms with Crippen LogP contribution >= 0.6 is 0 Å². The van der Waals surface area contributed by atoms with Crippen molar-refractivity contribution < 1.29 is 14.8 Å². The van der Waals surface area contributed by atoms with Crippen molar-refractivity contribution in [3.8, 4) is 5.75 Å². The molecule has 22 heavy (non-hydrogen) atoms. The molecular formula is C14H12N4O4. The number of rotatable bonds is 4. The molecule has 2 aromatic rings. The van der Waals surface area contributed by atoms with Crippen molar-refractivity contribution in [2.45, 2.75) is 6.92 Å². The zero-order valence-corrected chi connectivity index (χ0v) is 11.6. The van der Waals surface area contributed by atoms with Gasteiger partial charge in [0.1, 0.15) is 17.6 Å². The molecule has 0 atom stereocenters. The fourth-order valence-electron chi connectivity index (χ4n) is 1.66. The molecule has 1 aromatic carbocycles. The number of nitrogens with zero attached hydrogens (tertiary/aromatic N) is 3. The predicted octanol–water partition coefficient (Wildman–Crippen LogP) is 1.85. The van der Waals surface area contributed by atoms with Crippen molar-refractivity contribution in [1.29, 1.82) is 0 Å². The number of carbonyl (C=O) groups excluding carboxylic acids is 1. The Labute approximate surface area is 125 Å². The van der Waals surface area contributed by atoms with E-state index < -0.39 is 10.8 Å². The molecule has 0 fully saturated rings. The Morgan fingerprint density at radius 1 is 1.32 bits per heavy atom. The maximum atomic E-state index is 11.8. The molecule has 0 saturated carbocycles. The summed E-state index contributed by atoms with van der Waals surface area (Å²) in [4.78, 5) is 25.4. The monoisotopic (exact) mass is 300 g/mol. The smallest absolute Gasteiger partial charge is 0.289 e. The molecule has 0 aliphatic rings. The summed E-state index contributed by atoms with van der Waals surface area (Å²) in [7, 11) is 0. The number of hydrogen-bond acceptors (Lipinski definition) is 6. The van der Waals surface area contributed by atoms with E-state index in [1.54, 1.807) is 25.1 Å². The molecule has 2 N–H and O–H groups in total. The Morgan fingerprint density at radius 3 is 2.64 bits per heavy atom. The summed E-state index contributed by atoms with van der Waals surface area (Å²) >= 11 is 0. The maximum Gasteiger partial charge on any atom is 0.289 e. The largest absolute Gasteiger partial charge is 0.507 e. The number of phenolic OH excluding ortho intramolecular Hbond substituents is 1. The van der Waals surface area contributed by atoms with E-state index in [0.29, 0.717) is 11.3 Å². The van der Waals surface area contributed by atoms with Crippen LogP contribution in [0.3, 0.4) is 0 Å². The molecule has 0 spiro atoms. The van der Waals surface area contributed by atoms with Crippen molar-refractivity contribution in [2.24, 2.45) is 5.10 Å². The lowest BCUT2D eigenvalue weighted by Crippen LogP contribution is -2.20. The normalized spacial score (nSPS) is 11.0. The number of nitro groups is 1.